The van der Waals surface area contributed by atoms with Crippen molar-refractivity contribution in [3.8, 4) is 0 Å². The minimum atomic E-state index is -0.380. The van der Waals surface area contributed by atoms with E-state index in [1.807, 2.05) is 17.9 Å². The van der Waals surface area contributed by atoms with Gasteiger partial charge >= 0.3 is 5.97 Å². The Morgan fingerprint density at radius 3 is 2.85 bits per heavy atom. The van der Waals surface area contributed by atoms with Crippen molar-refractivity contribution < 1.29 is 14.3 Å². The number of aromatic amines is 1. The molecule has 2 aromatic heterocycles. The van der Waals surface area contributed by atoms with Gasteiger partial charge in [-0.1, -0.05) is 26.0 Å². The van der Waals surface area contributed by atoms with E-state index < -0.39 is 0 Å². The molecule has 1 aromatic carbocycles. The number of nitrogens with zero attached hydrogens (tertiary/aromatic N) is 2. The van der Waals surface area contributed by atoms with Crippen molar-refractivity contribution >= 4 is 39.1 Å². The molecule has 0 bridgehead atoms. The van der Waals surface area contributed by atoms with Crippen LogP contribution in [-0.2, 0) is 28.9 Å². The fourth-order valence-electron chi connectivity index (χ4n) is 4.33. The molecule has 1 aliphatic rings. The summed E-state index contributed by atoms with van der Waals surface area (Å²) in [5.41, 5.74) is 1.95. The van der Waals surface area contributed by atoms with Crippen molar-refractivity contribution in [3.05, 3.63) is 56.4 Å². The van der Waals surface area contributed by atoms with E-state index >= 15 is 0 Å². The minimum Gasteiger partial charge on any atom is -0.462 e. The van der Waals surface area contributed by atoms with Gasteiger partial charge in [0, 0.05) is 4.88 Å². The average molecular weight is 483 g/mol. The molecule has 0 saturated heterocycles. The lowest BCUT2D eigenvalue weighted by Gasteiger charge is -2.19. The van der Waals surface area contributed by atoms with Crippen LogP contribution in [-0.4, -0.2) is 46.4 Å². The van der Waals surface area contributed by atoms with Crippen LogP contribution in [0.15, 0.2) is 29.1 Å². The predicted octanol–water partition coefficient (Wildman–Crippen LogP) is 3.75. The summed E-state index contributed by atoms with van der Waals surface area (Å²) in [7, 11) is 0. The summed E-state index contributed by atoms with van der Waals surface area (Å²) in [5, 5.41) is 4.06. The topological polar surface area (TPSA) is 104 Å². The molecule has 1 unspecified atom stereocenters. The van der Waals surface area contributed by atoms with E-state index in [4.69, 9.17) is 4.74 Å². The molecule has 1 atom stereocenters. The second-order valence-corrected chi connectivity index (χ2v) is 9.76. The fourth-order valence-corrected chi connectivity index (χ4v) is 5.74. The molecule has 0 saturated carbocycles. The number of likely N-dealkylation sites (N-methyl/N-ethyl adjacent to an activating group) is 1. The monoisotopic (exact) mass is 482 g/mol. The van der Waals surface area contributed by atoms with Gasteiger partial charge in [0.05, 0.1) is 36.2 Å². The number of H-pyrrole nitrogens is 1. The molecule has 9 heteroatoms. The lowest BCUT2D eigenvalue weighted by Crippen LogP contribution is -2.34. The molecule has 34 heavy (non-hydrogen) atoms. The van der Waals surface area contributed by atoms with Crippen LogP contribution in [0.25, 0.3) is 10.9 Å². The van der Waals surface area contributed by atoms with Crippen LogP contribution < -0.4 is 10.9 Å². The van der Waals surface area contributed by atoms with Crippen molar-refractivity contribution in [1.29, 1.82) is 0 Å². The Labute approximate surface area is 202 Å². The number of benzene rings is 1. The third kappa shape index (κ3) is 5.20. The van der Waals surface area contributed by atoms with E-state index in [1.54, 1.807) is 25.1 Å². The number of nitrogens with one attached hydrogen (secondary N) is 2. The van der Waals surface area contributed by atoms with Crippen LogP contribution in [0.1, 0.15) is 53.8 Å². The maximum Gasteiger partial charge on any atom is 0.341 e. The van der Waals surface area contributed by atoms with Gasteiger partial charge in [0.25, 0.3) is 5.56 Å². The number of anilines is 1. The summed E-state index contributed by atoms with van der Waals surface area (Å²) < 4.78 is 5.29. The van der Waals surface area contributed by atoms with Gasteiger partial charge in [-0.25, -0.2) is 9.78 Å². The van der Waals surface area contributed by atoms with Gasteiger partial charge in [-0.3, -0.25) is 14.5 Å². The first kappa shape index (κ1) is 24.1. The van der Waals surface area contributed by atoms with Crippen molar-refractivity contribution in [2.24, 2.45) is 5.92 Å². The second kappa shape index (κ2) is 10.5. The molecule has 0 aliphatic heterocycles. The highest BCUT2D eigenvalue weighted by Crippen LogP contribution is 2.40. The highest BCUT2D eigenvalue weighted by Gasteiger charge is 2.29. The third-order valence-corrected chi connectivity index (χ3v) is 7.26. The summed E-state index contributed by atoms with van der Waals surface area (Å²) >= 11 is 1.48. The van der Waals surface area contributed by atoms with Crippen molar-refractivity contribution in [2.45, 2.75) is 46.6 Å². The SMILES string of the molecule is CCOC(=O)c1c(NC(=O)CN(CC)Cc2nc3ccccc3c(=O)[nH]2)sc2c1CCC(C)C2. The zero-order chi connectivity index (χ0) is 24.2. The molecular weight excluding hydrogens is 452 g/mol. The Kier molecular flexibility index (Phi) is 7.43. The lowest BCUT2D eigenvalue weighted by molar-refractivity contribution is -0.117. The number of carbonyl (C=O) groups excluding carboxylic acids is 2. The van der Waals surface area contributed by atoms with E-state index in [-0.39, 0.29) is 30.6 Å². The number of thiophene rings is 1. The summed E-state index contributed by atoms with van der Waals surface area (Å²) in [6.45, 7) is 7.24. The quantitative estimate of drug-likeness (QED) is 0.474. The molecule has 1 aliphatic carbocycles. The Balaban J connectivity index is 1.50. The van der Waals surface area contributed by atoms with Crippen molar-refractivity contribution in [2.75, 3.05) is 25.0 Å². The molecule has 8 nitrogen and oxygen atoms in total. The first-order valence-electron chi connectivity index (χ1n) is 11.7. The molecular formula is C25H30N4O4S. The molecule has 1 amide bonds. The van der Waals surface area contributed by atoms with Crippen LogP contribution in [0.5, 0.6) is 0 Å². The summed E-state index contributed by atoms with van der Waals surface area (Å²) in [5.74, 6) is 0.459. The van der Waals surface area contributed by atoms with E-state index in [0.717, 1.165) is 29.7 Å². The van der Waals surface area contributed by atoms with Gasteiger partial charge in [0.1, 0.15) is 10.8 Å². The number of para-hydroxylation sites is 1. The van der Waals surface area contributed by atoms with Crippen molar-refractivity contribution in [3.63, 3.8) is 0 Å². The number of carbonyl (C=O) groups is 2. The van der Waals surface area contributed by atoms with Crippen LogP contribution in [0.2, 0.25) is 0 Å². The molecule has 2 heterocycles. The maximum atomic E-state index is 13.0. The highest BCUT2D eigenvalue weighted by atomic mass is 32.1. The van der Waals surface area contributed by atoms with Crippen LogP contribution >= 0.6 is 11.3 Å². The molecule has 0 fully saturated rings. The molecule has 2 N–H and O–H groups in total. The zero-order valence-corrected chi connectivity index (χ0v) is 20.6. The van der Waals surface area contributed by atoms with Gasteiger partial charge in [-0.05, 0) is 56.3 Å². The van der Waals surface area contributed by atoms with Crippen LogP contribution in [0.3, 0.4) is 0 Å². The number of aromatic nitrogens is 2. The molecule has 3 aromatic rings. The molecule has 180 valence electrons. The van der Waals surface area contributed by atoms with Crippen LogP contribution in [0, 0.1) is 5.92 Å². The number of rotatable bonds is 8. The van der Waals surface area contributed by atoms with E-state index in [2.05, 4.69) is 22.2 Å². The van der Waals surface area contributed by atoms with E-state index in [0.29, 0.717) is 46.3 Å². The largest absolute Gasteiger partial charge is 0.462 e. The fraction of sp³-hybridized carbons (Fsp3) is 0.440. The van der Waals surface area contributed by atoms with Crippen molar-refractivity contribution in [1.82, 2.24) is 14.9 Å². The lowest BCUT2D eigenvalue weighted by atomic mass is 9.88. The second-order valence-electron chi connectivity index (χ2n) is 8.66. The number of amides is 1. The first-order valence-corrected chi connectivity index (χ1v) is 12.5. The standard InChI is InChI=1S/C25H30N4O4S/c1-4-29(13-20-26-18-9-7-6-8-16(18)23(31)27-20)14-21(30)28-24-22(25(32)33-5-2)17-11-10-15(3)12-19(17)34-24/h6-9,15H,4-5,10-14H2,1-3H3,(H,28,30)(H,26,27,31). The van der Waals surface area contributed by atoms with Crippen LogP contribution in [0.4, 0.5) is 5.00 Å². The number of hydrogen-bond acceptors (Lipinski definition) is 7. The molecule has 0 spiro atoms. The number of ether oxygens (including phenoxy) is 1. The number of fused-ring (bicyclic) bond motifs is 2. The minimum absolute atomic E-state index is 0.105. The number of esters is 1. The Morgan fingerprint density at radius 1 is 1.29 bits per heavy atom. The van der Waals surface area contributed by atoms with E-state index in [9.17, 15) is 14.4 Å². The zero-order valence-electron chi connectivity index (χ0n) is 19.8. The summed E-state index contributed by atoms with van der Waals surface area (Å²) in [6.07, 6.45) is 2.74. The average Bonchev–Trinajstić information content (AvgIpc) is 3.15. The molecule has 4 rings (SSSR count). The smallest absolute Gasteiger partial charge is 0.341 e. The van der Waals surface area contributed by atoms with E-state index in [1.165, 1.54) is 11.3 Å². The normalized spacial score (nSPS) is 15.4. The third-order valence-electron chi connectivity index (χ3n) is 6.09. The van der Waals surface area contributed by atoms with Gasteiger partial charge < -0.3 is 15.0 Å². The van der Waals surface area contributed by atoms with Gasteiger partial charge in [-0.2, -0.15) is 0 Å². The van der Waals surface area contributed by atoms with Gasteiger partial charge in [0.2, 0.25) is 5.91 Å². The van der Waals surface area contributed by atoms with Gasteiger partial charge in [-0.15, -0.1) is 11.3 Å². The maximum absolute atomic E-state index is 13.0. The van der Waals surface area contributed by atoms with Gasteiger partial charge in [0.15, 0.2) is 0 Å². The Hall–Kier alpha value is -3.04. The number of hydrogen-bond donors (Lipinski definition) is 2. The summed E-state index contributed by atoms with van der Waals surface area (Å²) in [4.78, 5) is 48.4. The first-order chi connectivity index (χ1) is 16.4. The Bertz CT molecular complexity index is 1270. The summed E-state index contributed by atoms with van der Waals surface area (Å²) in [6, 6.07) is 7.17. The highest BCUT2D eigenvalue weighted by molar-refractivity contribution is 7.17. The molecule has 0 radical (unpaired) electrons. The Morgan fingerprint density at radius 2 is 2.09 bits per heavy atom. The predicted molar refractivity (Wildman–Crippen MR) is 133 cm³/mol.